The molecule has 0 unspecified atom stereocenters. The van der Waals surface area contributed by atoms with Crippen molar-refractivity contribution in [2.75, 3.05) is 18.9 Å². The van der Waals surface area contributed by atoms with E-state index in [0.717, 1.165) is 46.9 Å². The molecule has 0 radical (unpaired) electrons. The van der Waals surface area contributed by atoms with E-state index >= 15 is 0 Å². The van der Waals surface area contributed by atoms with Gasteiger partial charge in [-0.3, -0.25) is 4.79 Å². The number of carbonyl (C=O) groups excluding carboxylic acids is 1. The maximum Gasteiger partial charge on any atom is 0.256 e. The van der Waals surface area contributed by atoms with Crippen molar-refractivity contribution in [1.82, 2.24) is 19.4 Å². The van der Waals surface area contributed by atoms with Crippen molar-refractivity contribution >= 4 is 28.6 Å². The topological polar surface area (TPSA) is 63.0 Å². The zero-order valence-electron chi connectivity index (χ0n) is 13.1. The molecule has 23 heavy (non-hydrogen) atoms. The summed E-state index contributed by atoms with van der Waals surface area (Å²) in [6.45, 7) is 0.745. The maximum absolute atomic E-state index is 12.5. The number of amides is 1. The fourth-order valence-electron chi connectivity index (χ4n) is 3.09. The van der Waals surface area contributed by atoms with Crippen LogP contribution in [0.4, 0.5) is 11.6 Å². The molecule has 3 aromatic heterocycles. The highest BCUT2D eigenvalue weighted by Crippen LogP contribution is 2.30. The van der Waals surface area contributed by atoms with Gasteiger partial charge in [0.25, 0.3) is 5.91 Å². The van der Waals surface area contributed by atoms with Crippen LogP contribution in [0.25, 0.3) is 11.0 Å². The van der Waals surface area contributed by atoms with E-state index in [-0.39, 0.29) is 5.91 Å². The Morgan fingerprint density at radius 2 is 2.00 bits per heavy atom. The van der Waals surface area contributed by atoms with Crippen LogP contribution in [0.15, 0.2) is 36.5 Å². The summed E-state index contributed by atoms with van der Waals surface area (Å²) in [5.74, 6) is 1.54. The van der Waals surface area contributed by atoms with E-state index in [9.17, 15) is 4.79 Å². The molecule has 3 aromatic rings. The van der Waals surface area contributed by atoms with Crippen LogP contribution in [-0.2, 0) is 13.5 Å². The van der Waals surface area contributed by atoms with Gasteiger partial charge in [-0.1, -0.05) is 6.07 Å². The first-order chi connectivity index (χ1) is 11.1. The number of aromatic nitrogens is 3. The zero-order valence-corrected chi connectivity index (χ0v) is 13.1. The van der Waals surface area contributed by atoms with Gasteiger partial charge >= 0.3 is 0 Å². The molecule has 0 spiro atoms. The van der Waals surface area contributed by atoms with E-state index in [1.165, 1.54) is 0 Å². The third kappa shape index (κ3) is 2.14. The lowest BCUT2D eigenvalue weighted by Crippen LogP contribution is -2.34. The number of anilines is 2. The first-order valence-electron chi connectivity index (χ1n) is 7.57. The Morgan fingerprint density at radius 3 is 2.78 bits per heavy atom. The molecule has 1 aliphatic rings. The van der Waals surface area contributed by atoms with E-state index < -0.39 is 0 Å². The Kier molecular flexibility index (Phi) is 3.04. The summed E-state index contributed by atoms with van der Waals surface area (Å²) in [7, 11) is 3.81. The van der Waals surface area contributed by atoms with Crippen molar-refractivity contribution in [3.05, 3.63) is 47.8 Å². The molecule has 0 saturated carbocycles. The second-order valence-corrected chi connectivity index (χ2v) is 5.77. The minimum Gasteiger partial charge on any atom is -0.341 e. The minimum atomic E-state index is 0.0732. The highest BCUT2D eigenvalue weighted by Gasteiger charge is 2.28. The predicted molar refractivity (Wildman–Crippen MR) is 88.9 cm³/mol. The number of fused-ring (bicyclic) bond motifs is 3. The third-order valence-corrected chi connectivity index (χ3v) is 4.32. The summed E-state index contributed by atoms with van der Waals surface area (Å²) in [6, 6.07) is 9.53. The lowest BCUT2D eigenvalue weighted by molar-refractivity contribution is 0.0781. The van der Waals surface area contributed by atoms with Crippen LogP contribution in [0.3, 0.4) is 0 Å². The number of nitrogens with zero attached hydrogens (tertiary/aromatic N) is 4. The molecule has 6 nitrogen and oxygen atoms in total. The maximum atomic E-state index is 12.5. The second kappa shape index (κ2) is 5.08. The number of aryl methyl sites for hydroxylation is 1. The lowest BCUT2D eigenvalue weighted by Gasteiger charge is -2.23. The largest absolute Gasteiger partial charge is 0.341 e. The molecule has 1 N–H and O–H groups in total. The quantitative estimate of drug-likeness (QED) is 0.789. The monoisotopic (exact) mass is 307 g/mol. The van der Waals surface area contributed by atoms with Crippen LogP contribution in [0.5, 0.6) is 0 Å². The lowest BCUT2D eigenvalue weighted by atomic mass is 10.1. The van der Waals surface area contributed by atoms with Crippen LogP contribution < -0.4 is 5.32 Å². The molecule has 1 aliphatic heterocycles. The summed E-state index contributed by atoms with van der Waals surface area (Å²) in [4.78, 5) is 23.2. The number of likely N-dealkylation sites (N-methyl/N-ethyl adjacent to an activating group) is 1. The molecule has 1 amide bonds. The fraction of sp³-hybridized carbons (Fsp3) is 0.235. The van der Waals surface area contributed by atoms with Crippen LogP contribution in [0.2, 0.25) is 0 Å². The minimum absolute atomic E-state index is 0.0732. The van der Waals surface area contributed by atoms with Gasteiger partial charge in [-0.25, -0.2) is 9.97 Å². The number of nitrogens with one attached hydrogen (secondary N) is 1. The third-order valence-electron chi connectivity index (χ3n) is 4.32. The Hall–Kier alpha value is -2.89. The summed E-state index contributed by atoms with van der Waals surface area (Å²) in [6.07, 6.45) is 2.59. The SMILES string of the molecule is CN1CCc2c(c3ccc(Nc4ccccn4)nc3n2C)C1=O. The summed E-state index contributed by atoms with van der Waals surface area (Å²) in [5.41, 5.74) is 2.67. The van der Waals surface area contributed by atoms with E-state index in [4.69, 9.17) is 0 Å². The van der Waals surface area contributed by atoms with Crippen LogP contribution in [0.1, 0.15) is 16.1 Å². The van der Waals surface area contributed by atoms with E-state index in [1.54, 1.807) is 11.1 Å². The summed E-state index contributed by atoms with van der Waals surface area (Å²) < 4.78 is 2.03. The van der Waals surface area contributed by atoms with Crippen molar-refractivity contribution < 1.29 is 4.79 Å². The molecule has 6 heteroatoms. The highest BCUT2D eigenvalue weighted by molar-refractivity contribution is 6.08. The number of rotatable bonds is 2. The number of carbonyl (C=O) groups is 1. The molecule has 0 aromatic carbocycles. The van der Waals surface area contributed by atoms with Crippen molar-refractivity contribution in [2.45, 2.75) is 6.42 Å². The normalized spacial score (nSPS) is 14.2. The number of hydrogen-bond acceptors (Lipinski definition) is 4. The van der Waals surface area contributed by atoms with Crippen molar-refractivity contribution in [3.8, 4) is 0 Å². The molecular formula is C17H17N5O. The summed E-state index contributed by atoms with van der Waals surface area (Å²) in [5, 5.41) is 4.10. The summed E-state index contributed by atoms with van der Waals surface area (Å²) >= 11 is 0. The molecule has 0 bridgehead atoms. The van der Waals surface area contributed by atoms with E-state index in [0.29, 0.717) is 0 Å². The van der Waals surface area contributed by atoms with Crippen LogP contribution >= 0.6 is 0 Å². The standard InChI is InChI=1S/C17H17N5O/c1-21-10-8-12-15(17(21)23)11-6-7-14(20-16(11)22(12)2)19-13-5-3-4-9-18-13/h3-7,9H,8,10H2,1-2H3,(H,18,19,20). The van der Waals surface area contributed by atoms with Crippen LogP contribution in [-0.4, -0.2) is 38.9 Å². The van der Waals surface area contributed by atoms with Gasteiger partial charge in [0.2, 0.25) is 0 Å². The van der Waals surface area contributed by atoms with Gasteiger partial charge in [-0.05, 0) is 24.3 Å². The molecule has 0 atom stereocenters. The molecule has 0 aliphatic carbocycles. The molecule has 116 valence electrons. The Bertz CT molecular complexity index is 900. The molecule has 4 rings (SSSR count). The molecule has 0 saturated heterocycles. The van der Waals surface area contributed by atoms with E-state index in [2.05, 4.69) is 15.3 Å². The van der Waals surface area contributed by atoms with Gasteiger partial charge in [-0.2, -0.15) is 0 Å². The van der Waals surface area contributed by atoms with E-state index in [1.807, 2.05) is 49.0 Å². The Morgan fingerprint density at radius 1 is 1.13 bits per heavy atom. The van der Waals surface area contributed by atoms with Gasteiger partial charge in [0.1, 0.15) is 17.3 Å². The fourth-order valence-corrected chi connectivity index (χ4v) is 3.09. The first kappa shape index (κ1) is 13.8. The second-order valence-electron chi connectivity index (χ2n) is 5.77. The van der Waals surface area contributed by atoms with Gasteiger partial charge in [0.05, 0.1) is 5.56 Å². The molecule has 0 fully saturated rings. The number of hydrogen-bond donors (Lipinski definition) is 1. The highest BCUT2D eigenvalue weighted by atomic mass is 16.2. The zero-order chi connectivity index (χ0) is 16.0. The number of pyridine rings is 2. The molecule has 4 heterocycles. The van der Waals surface area contributed by atoms with Crippen molar-refractivity contribution in [1.29, 1.82) is 0 Å². The van der Waals surface area contributed by atoms with Gasteiger partial charge in [-0.15, -0.1) is 0 Å². The average molecular weight is 307 g/mol. The first-order valence-corrected chi connectivity index (χ1v) is 7.57. The van der Waals surface area contributed by atoms with Crippen molar-refractivity contribution in [2.24, 2.45) is 7.05 Å². The van der Waals surface area contributed by atoms with Gasteiger partial charge in [0, 0.05) is 44.3 Å². The molecular weight excluding hydrogens is 290 g/mol. The Balaban J connectivity index is 1.81. The predicted octanol–water partition coefficient (Wildman–Crippen LogP) is 2.34. The van der Waals surface area contributed by atoms with Gasteiger partial charge in [0.15, 0.2) is 0 Å². The Labute approximate surface area is 133 Å². The smallest absolute Gasteiger partial charge is 0.256 e. The average Bonchev–Trinajstić information content (AvgIpc) is 2.85. The van der Waals surface area contributed by atoms with Crippen LogP contribution in [0, 0.1) is 0 Å². The van der Waals surface area contributed by atoms with Gasteiger partial charge < -0.3 is 14.8 Å². The van der Waals surface area contributed by atoms with Crippen molar-refractivity contribution in [3.63, 3.8) is 0 Å².